The molecule has 94 valence electrons. The predicted molar refractivity (Wildman–Crippen MR) is 69.1 cm³/mol. The van der Waals surface area contributed by atoms with Crippen LogP contribution in [0.1, 0.15) is 0 Å². The molecule has 0 aliphatic carbocycles. The molecule has 2 aromatic rings. The highest BCUT2D eigenvalue weighted by Gasteiger charge is 2.23. The van der Waals surface area contributed by atoms with Crippen LogP contribution in [-0.4, -0.2) is 20.4 Å². The van der Waals surface area contributed by atoms with Gasteiger partial charge in [-0.2, -0.15) is 0 Å². The van der Waals surface area contributed by atoms with Gasteiger partial charge in [-0.25, -0.2) is 8.42 Å². The average Bonchev–Trinajstić information content (AvgIpc) is 2.39. The molecule has 0 unspecified atom stereocenters. The normalized spacial score (nSPS) is 11.2. The Balaban J connectivity index is 2.51. The molecule has 1 N–H and O–H groups in total. The van der Waals surface area contributed by atoms with Crippen LogP contribution in [0.2, 0.25) is 0 Å². The van der Waals surface area contributed by atoms with E-state index in [9.17, 15) is 13.2 Å². The Labute approximate surface area is 105 Å². The van der Waals surface area contributed by atoms with E-state index >= 15 is 0 Å². The van der Waals surface area contributed by atoms with Crippen LogP contribution in [0.4, 0.5) is 5.69 Å². The second-order valence-corrected chi connectivity index (χ2v) is 5.61. The van der Waals surface area contributed by atoms with E-state index in [-0.39, 0.29) is 4.90 Å². The van der Waals surface area contributed by atoms with Crippen LogP contribution in [0.15, 0.2) is 58.4 Å². The summed E-state index contributed by atoms with van der Waals surface area (Å²) in [6.07, 6.45) is 1.39. The minimum atomic E-state index is -3.83. The third kappa shape index (κ3) is 2.14. The molecule has 0 saturated heterocycles. The SMILES string of the molecule is CN(c1ccccc1)S(=O)(=O)c1ccc[nH]c1=O. The van der Waals surface area contributed by atoms with Gasteiger partial charge in [0.15, 0.2) is 4.90 Å². The predicted octanol–water partition coefficient (Wildman–Crippen LogP) is 1.20. The molecule has 1 aromatic carbocycles. The van der Waals surface area contributed by atoms with Gasteiger partial charge in [-0.1, -0.05) is 18.2 Å². The number of nitrogens with zero attached hydrogens (tertiary/aromatic N) is 1. The van der Waals surface area contributed by atoms with Crippen molar-refractivity contribution < 1.29 is 8.42 Å². The number of hydrogen-bond acceptors (Lipinski definition) is 3. The highest BCUT2D eigenvalue weighted by molar-refractivity contribution is 7.92. The molecule has 1 aromatic heterocycles. The Bertz CT molecular complexity index is 693. The van der Waals surface area contributed by atoms with Gasteiger partial charge in [0.2, 0.25) is 0 Å². The Morgan fingerprint density at radius 1 is 1.06 bits per heavy atom. The summed E-state index contributed by atoms with van der Waals surface area (Å²) >= 11 is 0. The minimum Gasteiger partial charge on any atom is -0.328 e. The molecule has 0 aliphatic rings. The number of pyridine rings is 1. The number of hydrogen-bond donors (Lipinski definition) is 1. The lowest BCUT2D eigenvalue weighted by Gasteiger charge is -2.18. The Morgan fingerprint density at radius 2 is 1.72 bits per heavy atom. The van der Waals surface area contributed by atoms with Gasteiger partial charge in [0.1, 0.15) is 0 Å². The molecule has 6 heteroatoms. The first-order valence-corrected chi connectivity index (χ1v) is 6.69. The zero-order chi connectivity index (χ0) is 13.2. The molecule has 0 spiro atoms. The second-order valence-electron chi connectivity index (χ2n) is 3.67. The summed E-state index contributed by atoms with van der Waals surface area (Å²) < 4.78 is 25.6. The van der Waals surface area contributed by atoms with Crippen molar-refractivity contribution in [3.8, 4) is 0 Å². The quantitative estimate of drug-likeness (QED) is 0.905. The first-order chi connectivity index (χ1) is 8.53. The monoisotopic (exact) mass is 264 g/mol. The fraction of sp³-hybridized carbons (Fsp3) is 0.0833. The standard InChI is InChI=1S/C12H12N2O3S/c1-14(10-6-3-2-4-7-10)18(16,17)11-8-5-9-13-12(11)15/h2-9H,1H3,(H,13,15). The Kier molecular flexibility index (Phi) is 3.20. The molecule has 1 heterocycles. The van der Waals surface area contributed by atoms with E-state index in [0.717, 1.165) is 4.31 Å². The summed E-state index contributed by atoms with van der Waals surface area (Å²) in [5, 5.41) is 0. The summed E-state index contributed by atoms with van der Waals surface area (Å²) in [6, 6.07) is 11.3. The van der Waals surface area contributed by atoms with Gasteiger partial charge in [0.25, 0.3) is 15.6 Å². The topological polar surface area (TPSA) is 70.2 Å². The molecule has 0 aliphatic heterocycles. The molecule has 0 amide bonds. The number of benzene rings is 1. The maximum Gasteiger partial charge on any atom is 0.269 e. The molecule has 2 rings (SSSR count). The molecular weight excluding hydrogens is 252 g/mol. The van der Waals surface area contributed by atoms with Crippen molar-refractivity contribution >= 4 is 15.7 Å². The molecular formula is C12H12N2O3S. The number of rotatable bonds is 3. The first-order valence-electron chi connectivity index (χ1n) is 5.25. The van der Waals surface area contributed by atoms with E-state index in [1.54, 1.807) is 30.3 Å². The zero-order valence-corrected chi connectivity index (χ0v) is 10.5. The molecule has 0 radical (unpaired) electrons. The van der Waals surface area contributed by atoms with Crippen molar-refractivity contribution in [2.75, 3.05) is 11.4 Å². The van der Waals surface area contributed by atoms with E-state index in [2.05, 4.69) is 4.98 Å². The van der Waals surface area contributed by atoms with E-state index in [1.807, 2.05) is 0 Å². The summed E-state index contributed by atoms with van der Waals surface area (Å²) in [5.41, 5.74) is -0.124. The van der Waals surface area contributed by atoms with Gasteiger partial charge in [0, 0.05) is 13.2 Å². The van der Waals surface area contributed by atoms with Crippen LogP contribution in [0.3, 0.4) is 0 Å². The van der Waals surface area contributed by atoms with Crippen LogP contribution in [-0.2, 0) is 10.0 Å². The highest BCUT2D eigenvalue weighted by atomic mass is 32.2. The zero-order valence-electron chi connectivity index (χ0n) is 9.70. The maximum atomic E-state index is 12.3. The molecule has 0 saturated carbocycles. The lowest BCUT2D eigenvalue weighted by molar-refractivity contribution is 0.593. The fourth-order valence-corrected chi connectivity index (χ4v) is 2.77. The van der Waals surface area contributed by atoms with Gasteiger partial charge in [-0.05, 0) is 24.3 Å². The number of aromatic nitrogens is 1. The van der Waals surface area contributed by atoms with E-state index in [1.165, 1.54) is 25.4 Å². The Morgan fingerprint density at radius 3 is 2.33 bits per heavy atom. The van der Waals surface area contributed by atoms with E-state index in [0.29, 0.717) is 5.69 Å². The highest BCUT2D eigenvalue weighted by Crippen LogP contribution is 2.18. The summed E-state index contributed by atoms with van der Waals surface area (Å²) in [4.78, 5) is 13.6. The third-order valence-corrected chi connectivity index (χ3v) is 4.35. The summed E-state index contributed by atoms with van der Waals surface area (Å²) in [5.74, 6) is 0. The average molecular weight is 264 g/mol. The smallest absolute Gasteiger partial charge is 0.269 e. The van der Waals surface area contributed by atoms with Crippen molar-refractivity contribution in [1.29, 1.82) is 0 Å². The van der Waals surface area contributed by atoms with E-state index < -0.39 is 15.6 Å². The van der Waals surface area contributed by atoms with Gasteiger partial charge in [-0.15, -0.1) is 0 Å². The van der Waals surface area contributed by atoms with Crippen LogP contribution in [0.25, 0.3) is 0 Å². The summed E-state index contributed by atoms with van der Waals surface area (Å²) in [6.45, 7) is 0. The lowest BCUT2D eigenvalue weighted by atomic mass is 10.3. The van der Waals surface area contributed by atoms with Crippen LogP contribution in [0.5, 0.6) is 0 Å². The third-order valence-electron chi connectivity index (χ3n) is 2.54. The van der Waals surface area contributed by atoms with Gasteiger partial charge in [-0.3, -0.25) is 9.10 Å². The molecule has 0 bridgehead atoms. The van der Waals surface area contributed by atoms with Crippen LogP contribution in [0, 0.1) is 0 Å². The van der Waals surface area contributed by atoms with E-state index in [4.69, 9.17) is 0 Å². The summed E-state index contributed by atoms with van der Waals surface area (Å²) in [7, 11) is -2.42. The van der Waals surface area contributed by atoms with Crippen molar-refractivity contribution in [3.63, 3.8) is 0 Å². The largest absolute Gasteiger partial charge is 0.328 e. The van der Waals surface area contributed by atoms with Crippen molar-refractivity contribution in [2.45, 2.75) is 4.90 Å². The van der Waals surface area contributed by atoms with Crippen LogP contribution >= 0.6 is 0 Å². The second kappa shape index (κ2) is 4.66. The number of H-pyrrole nitrogens is 1. The first kappa shape index (κ1) is 12.4. The number of anilines is 1. The van der Waals surface area contributed by atoms with Gasteiger partial charge >= 0.3 is 0 Å². The Hall–Kier alpha value is -2.08. The molecule has 0 fully saturated rings. The maximum absolute atomic E-state index is 12.3. The minimum absolute atomic E-state index is 0.267. The molecule has 18 heavy (non-hydrogen) atoms. The number of para-hydroxylation sites is 1. The van der Waals surface area contributed by atoms with Crippen molar-refractivity contribution in [3.05, 3.63) is 59.0 Å². The van der Waals surface area contributed by atoms with Crippen molar-refractivity contribution in [2.24, 2.45) is 0 Å². The van der Waals surface area contributed by atoms with Gasteiger partial charge in [0.05, 0.1) is 5.69 Å². The number of aromatic amines is 1. The van der Waals surface area contributed by atoms with Crippen LogP contribution < -0.4 is 9.86 Å². The molecule has 0 atom stereocenters. The number of nitrogens with one attached hydrogen (secondary N) is 1. The van der Waals surface area contributed by atoms with Crippen molar-refractivity contribution in [1.82, 2.24) is 4.98 Å². The van der Waals surface area contributed by atoms with Gasteiger partial charge < -0.3 is 4.98 Å². The number of sulfonamides is 1. The fourth-order valence-electron chi connectivity index (χ4n) is 1.53. The molecule has 5 nitrogen and oxygen atoms in total. The lowest BCUT2D eigenvalue weighted by Crippen LogP contribution is -2.31.